The molecule has 1 spiro atoms. The van der Waals surface area contributed by atoms with Gasteiger partial charge in [0.25, 0.3) is 0 Å². The fourth-order valence-corrected chi connectivity index (χ4v) is 10.2. The molecule has 0 unspecified atom stereocenters. The van der Waals surface area contributed by atoms with Gasteiger partial charge >= 0.3 is 0 Å². The zero-order valence-corrected chi connectivity index (χ0v) is 33.4. The van der Waals surface area contributed by atoms with Gasteiger partial charge in [-0.1, -0.05) is 145 Å². The van der Waals surface area contributed by atoms with E-state index in [4.69, 9.17) is 4.42 Å². The van der Waals surface area contributed by atoms with Gasteiger partial charge in [-0.3, -0.25) is 0 Å². The molecule has 10 aromatic rings. The van der Waals surface area contributed by atoms with Crippen LogP contribution in [0.3, 0.4) is 0 Å². The molecule has 3 nitrogen and oxygen atoms in total. The van der Waals surface area contributed by atoms with Gasteiger partial charge in [-0.05, 0) is 131 Å². The fourth-order valence-electron chi connectivity index (χ4n) is 10.2. The summed E-state index contributed by atoms with van der Waals surface area (Å²) in [7, 11) is 0. The monoisotopic (exact) mass is 768 g/mol. The zero-order valence-electron chi connectivity index (χ0n) is 33.4. The quantitative estimate of drug-likeness (QED) is 0.168. The number of benzene rings is 9. The number of fused-ring (bicyclic) bond motifs is 14. The van der Waals surface area contributed by atoms with E-state index in [1.54, 1.807) is 0 Å². The molecule has 2 aliphatic rings. The standard InChI is InChI=1S/C57H40N2O/c1-37-25-29-41(30-26-37)58(39-15-5-3-6-16-39)43-33-34-46-50(35-43)57(48-22-12-9-19-44(48)45-20-10-13-23-49(45)57)51-36-52(56-55(54(46)51)47-21-11-14-24-53(47)60-56)59(40-17-7-4-8-18-40)42-31-27-38(2)28-32-42/h3-36H,1-2H3. The van der Waals surface area contributed by atoms with Gasteiger partial charge in [-0.25, -0.2) is 0 Å². The molecular formula is C57H40N2O. The summed E-state index contributed by atoms with van der Waals surface area (Å²) in [5, 5.41) is 2.25. The number of furan rings is 1. The van der Waals surface area contributed by atoms with Crippen LogP contribution < -0.4 is 9.80 Å². The van der Waals surface area contributed by atoms with Gasteiger partial charge in [0.15, 0.2) is 5.58 Å². The highest BCUT2D eigenvalue weighted by Crippen LogP contribution is 2.66. The Morgan fingerprint density at radius 2 is 0.883 bits per heavy atom. The molecule has 2 aliphatic carbocycles. The van der Waals surface area contributed by atoms with Crippen LogP contribution in [0.15, 0.2) is 211 Å². The first-order chi connectivity index (χ1) is 29.6. The molecule has 0 radical (unpaired) electrons. The third-order valence-corrected chi connectivity index (χ3v) is 12.8. The first-order valence-electron chi connectivity index (χ1n) is 20.8. The lowest BCUT2D eigenvalue weighted by Crippen LogP contribution is -2.26. The van der Waals surface area contributed by atoms with Crippen molar-refractivity contribution in [3.05, 3.63) is 240 Å². The molecule has 1 aromatic heterocycles. The second-order valence-electron chi connectivity index (χ2n) is 16.2. The van der Waals surface area contributed by atoms with Crippen molar-refractivity contribution in [3.8, 4) is 22.3 Å². The van der Waals surface area contributed by atoms with E-state index in [2.05, 4.69) is 230 Å². The number of nitrogens with zero attached hydrogens (tertiary/aromatic N) is 2. The highest BCUT2D eigenvalue weighted by Gasteiger charge is 2.53. The average molecular weight is 769 g/mol. The summed E-state index contributed by atoms with van der Waals surface area (Å²) in [4.78, 5) is 4.78. The molecular weight excluding hydrogens is 729 g/mol. The Hall–Kier alpha value is -7.62. The molecule has 0 bridgehead atoms. The van der Waals surface area contributed by atoms with Gasteiger partial charge in [0.05, 0.1) is 11.1 Å². The second kappa shape index (κ2) is 13.2. The molecule has 9 aromatic carbocycles. The summed E-state index contributed by atoms with van der Waals surface area (Å²) < 4.78 is 7.10. The molecule has 0 atom stereocenters. The molecule has 1 heterocycles. The van der Waals surface area contributed by atoms with Crippen molar-refractivity contribution < 1.29 is 4.42 Å². The summed E-state index contributed by atoms with van der Waals surface area (Å²) in [6.07, 6.45) is 0. The molecule has 0 fully saturated rings. The van der Waals surface area contributed by atoms with Crippen molar-refractivity contribution in [2.24, 2.45) is 0 Å². The van der Waals surface area contributed by atoms with Crippen LogP contribution in [0.25, 0.3) is 44.2 Å². The maximum atomic E-state index is 7.10. The molecule has 0 saturated heterocycles. The lowest BCUT2D eigenvalue weighted by Gasteiger charge is -2.33. The van der Waals surface area contributed by atoms with Crippen molar-refractivity contribution in [2.45, 2.75) is 19.3 Å². The summed E-state index contributed by atoms with van der Waals surface area (Å²) in [6, 6.07) is 75.5. The highest BCUT2D eigenvalue weighted by molar-refractivity contribution is 6.20. The lowest BCUT2D eigenvalue weighted by molar-refractivity contribution is 0.668. The summed E-state index contributed by atoms with van der Waals surface area (Å²) in [6.45, 7) is 4.29. The van der Waals surface area contributed by atoms with Crippen molar-refractivity contribution in [3.63, 3.8) is 0 Å². The van der Waals surface area contributed by atoms with Crippen LogP contribution in [0.1, 0.15) is 33.4 Å². The normalized spacial score (nSPS) is 13.0. The molecule has 0 saturated carbocycles. The van der Waals surface area contributed by atoms with Crippen molar-refractivity contribution in [2.75, 3.05) is 9.80 Å². The third-order valence-electron chi connectivity index (χ3n) is 12.8. The average Bonchev–Trinajstić information content (AvgIpc) is 3.93. The fraction of sp³-hybridized carbons (Fsp3) is 0.0526. The van der Waals surface area contributed by atoms with Crippen molar-refractivity contribution in [1.82, 2.24) is 0 Å². The van der Waals surface area contributed by atoms with Crippen LogP contribution in [0.4, 0.5) is 34.1 Å². The van der Waals surface area contributed by atoms with E-state index in [1.165, 1.54) is 55.6 Å². The van der Waals surface area contributed by atoms with Gasteiger partial charge in [-0.15, -0.1) is 0 Å². The van der Waals surface area contributed by atoms with Crippen LogP contribution in [0, 0.1) is 13.8 Å². The number of anilines is 6. The van der Waals surface area contributed by atoms with Gasteiger partial charge in [0.2, 0.25) is 0 Å². The van der Waals surface area contributed by atoms with E-state index >= 15 is 0 Å². The third kappa shape index (κ3) is 4.90. The molecule has 0 amide bonds. The Morgan fingerprint density at radius 3 is 1.52 bits per heavy atom. The molecule has 0 N–H and O–H groups in total. The predicted molar refractivity (Wildman–Crippen MR) is 249 cm³/mol. The summed E-state index contributed by atoms with van der Waals surface area (Å²) in [5.74, 6) is 0. The number of aryl methyl sites for hydroxylation is 2. The zero-order chi connectivity index (χ0) is 40.0. The predicted octanol–water partition coefficient (Wildman–Crippen LogP) is 15.5. The van der Waals surface area contributed by atoms with Crippen LogP contribution >= 0.6 is 0 Å². The van der Waals surface area contributed by atoms with E-state index in [0.717, 1.165) is 56.1 Å². The molecule has 3 heteroatoms. The van der Waals surface area contributed by atoms with E-state index in [-0.39, 0.29) is 0 Å². The van der Waals surface area contributed by atoms with E-state index in [1.807, 2.05) is 0 Å². The topological polar surface area (TPSA) is 19.6 Å². The van der Waals surface area contributed by atoms with Gasteiger partial charge in [0.1, 0.15) is 5.58 Å². The minimum Gasteiger partial charge on any atom is -0.454 e. The van der Waals surface area contributed by atoms with Crippen LogP contribution in [0.2, 0.25) is 0 Å². The Balaban J connectivity index is 1.24. The maximum Gasteiger partial charge on any atom is 0.160 e. The van der Waals surface area contributed by atoms with Crippen molar-refractivity contribution >= 4 is 56.1 Å². The van der Waals surface area contributed by atoms with Crippen LogP contribution in [-0.4, -0.2) is 0 Å². The number of hydrogen-bond acceptors (Lipinski definition) is 3. The molecule has 12 rings (SSSR count). The minimum absolute atomic E-state index is 0.625. The number of hydrogen-bond donors (Lipinski definition) is 0. The van der Waals surface area contributed by atoms with Gasteiger partial charge < -0.3 is 14.2 Å². The summed E-state index contributed by atoms with van der Waals surface area (Å²) >= 11 is 0. The Morgan fingerprint density at radius 1 is 0.383 bits per heavy atom. The van der Waals surface area contributed by atoms with Gasteiger partial charge in [0, 0.05) is 39.2 Å². The first-order valence-corrected chi connectivity index (χ1v) is 20.8. The van der Waals surface area contributed by atoms with E-state index in [0.29, 0.717) is 0 Å². The smallest absolute Gasteiger partial charge is 0.160 e. The Kier molecular flexibility index (Phi) is 7.58. The minimum atomic E-state index is -0.625. The second-order valence-corrected chi connectivity index (χ2v) is 16.2. The van der Waals surface area contributed by atoms with Crippen LogP contribution in [-0.2, 0) is 5.41 Å². The number of rotatable bonds is 6. The molecule has 60 heavy (non-hydrogen) atoms. The largest absolute Gasteiger partial charge is 0.454 e. The van der Waals surface area contributed by atoms with Gasteiger partial charge in [-0.2, -0.15) is 0 Å². The first kappa shape index (κ1) is 34.4. The molecule has 284 valence electrons. The maximum absolute atomic E-state index is 7.10. The van der Waals surface area contributed by atoms with E-state index < -0.39 is 5.41 Å². The SMILES string of the molecule is Cc1ccc(N(c2ccccc2)c2ccc3c(c2)C2(c4ccccc4-c4ccccc42)c2cc(N(c4ccccc4)c4ccc(C)cc4)c4oc5ccccc5c4c2-3)cc1. The Bertz CT molecular complexity index is 3230. The highest BCUT2D eigenvalue weighted by atomic mass is 16.3. The number of para-hydroxylation sites is 3. The molecule has 0 aliphatic heterocycles. The lowest BCUT2D eigenvalue weighted by atomic mass is 9.70. The summed E-state index contributed by atoms with van der Waals surface area (Å²) in [5.41, 5.74) is 20.2. The van der Waals surface area contributed by atoms with Crippen molar-refractivity contribution in [1.29, 1.82) is 0 Å². The Labute approximate surface area is 350 Å². The van der Waals surface area contributed by atoms with E-state index in [9.17, 15) is 0 Å². The van der Waals surface area contributed by atoms with Crippen LogP contribution in [0.5, 0.6) is 0 Å².